The highest BCUT2D eigenvalue weighted by atomic mass is 16.1. The Labute approximate surface area is 110 Å². The zero-order valence-corrected chi connectivity index (χ0v) is 9.03. The Balaban J connectivity index is 2.55. The van der Waals surface area contributed by atoms with Gasteiger partial charge in [0.15, 0.2) is 5.78 Å². The summed E-state index contributed by atoms with van der Waals surface area (Å²) in [7, 11) is 0. The third-order valence-corrected chi connectivity index (χ3v) is 3.15. The van der Waals surface area contributed by atoms with Crippen molar-refractivity contribution in [2.24, 2.45) is 0 Å². The van der Waals surface area contributed by atoms with Crippen molar-refractivity contribution in [2.75, 3.05) is 0 Å². The molecular weight excluding hydrogens is 208 g/mol. The molecule has 3 rings (SSSR count). The number of benzene rings is 2. The molecule has 0 fully saturated rings. The van der Waals surface area contributed by atoms with Crippen molar-refractivity contribution >= 4 is 5.78 Å². The van der Waals surface area contributed by atoms with Crippen molar-refractivity contribution in [1.82, 2.24) is 0 Å². The molecule has 0 N–H and O–H groups in total. The van der Waals surface area contributed by atoms with Crippen molar-refractivity contribution in [3.8, 4) is 0 Å². The number of fused-ring (bicyclic) bond motifs is 2. The summed E-state index contributed by atoms with van der Waals surface area (Å²) in [6, 6.07) is 12.2. The predicted molar refractivity (Wildman–Crippen MR) is 68.4 cm³/mol. The molecule has 0 spiro atoms. The van der Waals surface area contributed by atoms with Gasteiger partial charge in [0.05, 0.1) is 0 Å². The molecule has 2 aromatic carbocycles. The van der Waals surface area contributed by atoms with Gasteiger partial charge in [-0.25, -0.2) is 0 Å². The number of carbonyl (C=O) groups is 1. The quantitative estimate of drug-likeness (QED) is 0.674. The maximum atomic E-state index is 12.7. The summed E-state index contributed by atoms with van der Waals surface area (Å²) in [6.45, 7) is -5.68. The monoisotopic (exact) mass is 228 g/mol. The minimum atomic E-state index is -2.84. The van der Waals surface area contributed by atoms with Gasteiger partial charge in [-0.05, 0) is 11.1 Å². The fourth-order valence-electron chi connectivity index (χ4n) is 2.31. The maximum Gasteiger partial charge on any atom is 0.193 e. The summed E-state index contributed by atoms with van der Waals surface area (Å²) in [4.78, 5) is 12.7. The minimum absolute atomic E-state index is 0.0451. The van der Waals surface area contributed by atoms with Crippen LogP contribution < -0.4 is 0 Å². The lowest BCUT2D eigenvalue weighted by molar-refractivity contribution is 0.103. The normalized spacial score (nSPS) is 22.9. The third-order valence-electron chi connectivity index (χ3n) is 3.15. The Kier molecular flexibility index (Phi) is 1.09. The highest BCUT2D eigenvalue weighted by molar-refractivity contribution is 6.13. The van der Waals surface area contributed by atoms with E-state index in [2.05, 4.69) is 0 Å². The number of hydrogen-bond donors (Lipinski definition) is 0. The largest absolute Gasteiger partial charge is 0.289 e. The molecule has 1 nitrogen and oxygen atoms in total. The van der Waals surface area contributed by atoms with Crippen LogP contribution in [-0.2, 0) is 5.41 Å². The summed E-state index contributed by atoms with van der Waals surface area (Å²) < 4.78 is 48.1. The van der Waals surface area contributed by atoms with Crippen molar-refractivity contribution in [1.29, 1.82) is 0 Å². The first-order valence-corrected chi connectivity index (χ1v) is 5.36. The van der Waals surface area contributed by atoms with Crippen LogP contribution in [0.1, 0.15) is 49.0 Å². The van der Waals surface area contributed by atoms with E-state index in [1.165, 1.54) is 24.3 Å². The van der Waals surface area contributed by atoms with Crippen LogP contribution in [0.15, 0.2) is 48.5 Å². The molecule has 0 bridgehead atoms. The van der Waals surface area contributed by atoms with Gasteiger partial charge < -0.3 is 0 Å². The topological polar surface area (TPSA) is 17.1 Å². The lowest BCUT2D eigenvalue weighted by Crippen LogP contribution is -2.30. The SMILES string of the molecule is [2H]C([2H])([2H])C1(C([2H])([2H])[2H])c2ccccc2C(=O)c2ccccc21. The Morgan fingerprint density at radius 2 is 1.35 bits per heavy atom. The van der Waals surface area contributed by atoms with E-state index in [1.807, 2.05) is 0 Å². The Hall–Kier alpha value is -1.89. The van der Waals surface area contributed by atoms with Gasteiger partial charge in [-0.2, -0.15) is 0 Å². The van der Waals surface area contributed by atoms with Gasteiger partial charge in [0.1, 0.15) is 0 Å². The van der Waals surface area contributed by atoms with E-state index >= 15 is 0 Å². The lowest BCUT2D eigenvalue weighted by atomic mass is 9.68. The van der Waals surface area contributed by atoms with E-state index < -0.39 is 19.1 Å². The van der Waals surface area contributed by atoms with Crippen molar-refractivity contribution in [3.05, 3.63) is 70.8 Å². The van der Waals surface area contributed by atoms with Crippen LogP contribution in [0.5, 0.6) is 0 Å². The van der Waals surface area contributed by atoms with E-state index in [9.17, 15) is 4.79 Å². The standard InChI is InChI=1S/C16H14O/c1-16(2)13-9-5-3-7-11(13)15(17)12-8-4-6-10-14(12)16/h3-10H,1-2H3/i1D3,2D3. The second kappa shape index (κ2) is 3.30. The Morgan fingerprint density at radius 1 is 0.882 bits per heavy atom. The van der Waals surface area contributed by atoms with Gasteiger partial charge in [0.25, 0.3) is 0 Å². The first-order chi connectivity index (χ1) is 10.6. The molecule has 2 aromatic rings. The van der Waals surface area contributed by atoms with Crippen LogP contribution in [0.2, 0.25) is 0 Å². The first-order valence-electron chi connectivity index (χ1n) is 8.36. The molecule has 1 heteroatoms. The molecule has 17 heavy (non-hydrogen) atoms. The van der Waals surface area contributed by atoms with Crippen LogP contribution in [0.3, 0.4) is 0 Å². The number of rotatable bonds is 0. The van der Waals surface area contributed by atoms with Gasteiger partial charge in [0.2, 0.25) is 0 Å². The minimum Gasteiger partial charge on any atom is -0.289 e. The molecule has 0 unspecified atom stereocenters. The second-order valence-corrected chi connectivity index (χ2v) is 4.17. The molecule has 84 valence electrons. The van der Waals surface area contributed by atoms with Crippen LogP contribution >= 0.6 is 0 Å². The summed E-state index contributed by atoms with van der Waals surface area (Å²) in [5.74, 6) is -0.347. The van der Waals surface area contributed by atoms with Gasteiger partial charge in [0, 0.05) is 24.8 Å². The first kappa shape index (κ1) is 5.63. The van der Waals surface area contributed by atoms with Crippen LogP contribution in [0.4, 0.5) is 0 Å². The van der Waals surface area contributed by atoms with Crippen molar-refractivity contribution in [2.45, 2.75) is 19.1 Å². The smallest absolute Gasteiger partial charge is 0.193 e. The fourth-order valence-corrected chi connectivity index (χ4v) is 2.31. The molecule has 0 aliphatic heterocycles. The average molecular weight is 228 g/mol. The highest BCUT2D eigenvalue weighted by Crippen LogP contribution is 2.40. The fraction of sp³-hybridized carbons (Fsp3) is 0.188. The van der Waals surface area contributed by atoms with E-state index in [0.29, 0.717) is 0 Å². The summed E-state index contributed by atoms with van der Waals surface area (Å²) >= 11 is 0. The van der Waals surface area contributed by atoms with Crippen LogP contribution in [0, 0.1) is 0 Å². The van der Waals surface area contributed by atoms with E-state index in [4.69, 9.17) is 8.22 Å². The molecule has 0 radical (unpaired) electrons. The third kappa shape index (κ3) is 1.29. The molecule has 0 heterocycles. The summed E-state index contributed by atoms with van der Waals surface area (Å²) in [5.41, 5.74) is -1.86. The van der Waals surface area contributed by atoms with Crippen LogP contribution in [-0.4, -0.2) is 5.78 Å². The molecule has 0 saturated heterocycles. The number of ketones is 1. The Morgan fingerprint density at radius 3 is 1.82 bits per heavy atom. The molecular formula is C16H14O. The van der Waals surface area contributed by atoms with E-state index in [1.54, 1.807) is 24.3 Å². The van der Waals surface area contributed by atoms with Crippen LogP contribution in [0.25, 0.3) is 0 Å². The van der Waals surface area contributed by atoms with Gasteiger partial charge >= 0.3 is 0 Å². The molecule has 0 saturated carbocycles. The maximum absolute atomic E-state index is 12.7. The molecule has 0 atom stereocenters. The predicted octanol–water partition coefficient (Wildman–Crippen LogP) is 3.56. The van der Waals surface area contributed by atoms with E-state index in [0.717, 1.165) is 0 Å². The molecule has 0 aromatic heterocycles. The summed E-state index contributed by atoms with van der Waals surface area (Å²) in [6.07, 6.45) is 0. The lowest BCUT2D eigenvalue weighted by Gasteiger charge is -2.34. The number of carbonyl (C=O) groups excluding carboxylic acids is 1. The van der Waals surface area contributed by atoms with Crippen molar-refractivity contribution < 1.29 is 13.0 Å². The van der Waals surface area contributed by atoms with Crippen molar-refractivity contribution in [3.63, 3.8) is 0 Å². The average Bonchev–Trinajstić information content (AvgIpc) is 2.45. The van der Waals surface area contributed by atoms with Gasteiger partial charge in [-0.1, -0.05) is 62.2 Å². The summed E-state index contributed by atoms with van der Waals surface area (Å²) in [5, 5.41) is 0. The highest BCUT2D eigenvalue weighted by Gasteiger charge is 2.35. The van der Waals surface area contributed by atoms with E-state index in [-0.39, 0.29) is 28.0 Å². The number of hydrogen-bond acceptors (Lipinski definition) is 1. The van der Waals surface area contributed by atoms with Gasteiger partial charge in [-0.3, -0.25) is 4.79 Å². The zero-order chi connectivity index (χ0) is 17.0. The second-order valence-electron chi connectivity index (χ2n) is 4.17. The molecule has 1 aliphatic carbocycles. The Bertz CT molecular complexity index is 722. The molecule has 0 amide bonds. The molecule has 1 aliphatic rings. The zero-order valence-electron chi connectivity index (χ0n) is 15.0. The van der Waals surface area contributed by atoms with Gasteiger partial charge in [-0.15, -0.1) is 0 Å².